The van der Waals surface area contributed by atoms with Crippen LogP contribution in [0.15, 0.2) is 29.2 Å². The van der Waals surface area contributed by atoms with Crippen molar-refractivity contribution in [3.63, 3.8) is 0 Å². The summed E-state index contributed by atoms with van der Waals surface area (Å²) in [5.41, 5.74) is 5.78. The van der Waals surface area contributed by atoms with Crippen molar-refractivity contribution in [1.82, 2.24) is 9.62 Å². The van der Waals surface area contributed by atoms with Crippen molar-refractivity contribution in [3.05, 3.63) is 30.1 Å². The quantitative estimate of drug-likeness (QED) is 0.706. The number of carbonyl (C=O) groups excluding carboxylic acids is 1. The van der Waals surface area contributed by atoms with Gasteiger partial charge in [0, 0.05) is 31.1 Å². The third kappa shape index (κ3) is 5.63. The minimum absolute atomic E-state index is 0. The molecule has 9 heteroatoms. The lowest BCUT2D eigenvalue weighted by atomic mass is 9.93. The number of piperidine rings is 1. The molecule has 27 heavy (non-hydrogen) atoms. The summed E-state index contributed by atoms with van der Waals surface area (Å²) in [7, 11) is -3.88. The zero-order valence-electron chi connectivity index (χ0n) is 15.8. The van der Waals surface area contributed by atoms with E-state index in [1.54, 1.807) is 0 Å². The van der Waals surface area contributed by atoms with Gasteiger partial charge in [0.25, 0.3) is 0 Å². The van der Waals surface area contributed by atoms with Crippen molar-refractivity contribution in [1.29, 1.82) is 0 Å². The smallest absolute Gasteiger partial charge is 0.245 e. The molecule has 1 heterocycles. The van der Waals surface area contributed by atoms with Gasteiger partial charge in [-0.05, 0) is 37.8 Å². The first-order valence-corrected chi connectivity index (χ1v) is 10.5. The molecule has 0 radical (unpaired) electrons. The molecule has 1 aliphatic rings. The summed E-state index contributed by atoms with van der Waals surface area (Å²) in [5.74, 6) is -1.10. The molecular formula is C18H29ClFN3O3S. The maximum atomic E-state index is 13.8. The van der Waals surface area contributed by atoms with Crippen LogP contribution in [0.25, 0.3) is 0 Å². The number of nitrogens with zero attached hydrogens (tertiary/aromatic N) is 1. The average Bonchev–Trinajstić information content (AvgIpc) is 2.66. The first-order chi connectivity index (χ1) is 12.2. The molecule has 0 atom stereocenters. The Kier molecular flexibility index (Phi) is 8.66. The summed E-state index contributed by atoms with van der Waals surface area (Å²) in [6.07, 6.45) is 2.36. The van der Waals surface area contributed by atoms with Gasteiger partial charge in [-0.15, -0.1) is 12.4 Å². The molecule has 1 amide bonds. The highest BCUT2D eigenvalue weighted by Crippen LogP contribution is 2.25. The van der Waals surface area contributed by atoms with Crippen LogP contribution in [0, 0.1) is 11.7 Å². The summed E-state index contributed by atoms with van der Waals surface area (Å²) in [6.45, 7) is 4.78. The van der Waals surface area contributed by atoms with Gasteiger partial charge >= 0.3 is 0 Å². The molecule has 3 N–H and O–H groups in total. The first kappa shape index (κ1) is 23.8. The number of hydrogen-bond acceptors (Lipinski definition) is 4. The van der Waals surface area contributed by atoms with Gasteiger partial charge in [-0.25, -0.2) is 12.8 Å². The molecule has 6 nitrogen and oxygen atoms in total. The second kappa shape index (κ2) is 9.82. The lowest BCUT2D eigenvalue weighted by molar-refractivity contribution is -0.126. The largest absolute Gasteiger partial charge is 0.354 e. The Morgan fingerprint density at radius 1 is 1.26 bits per heavy atom. The molecule has 0 aromatic heterocycles. The highest BCUT2D eigenvalue weighted by atomic mass is 35.5. The van der Waals surface area contributed by atoms with Gasteiger partial charge in [0.05, 0.1) is 0 Å². The molecule has 0 spiro atoms. The molecule has 1 aliphatic heterocycles. The predicted octanol–water partition coefficient (Wildman–Crippen LogP) is 2.28. The number of sulfonamides is 1. The highest BCUT2D eigenvalue weighted by Gasteiger charge is 2.33. The molecule has 0 bridgehead atoms. The standard InChI is InChI=1S/C18H28FN3O3S.ClH/c1-3-18(20,4-2)13-21-17(23)14-9-11-22(12-10-14)26(24,25)16-8-6-5-7-15(16)19;/h5-8,14H,3-4,9-13,20H2,1-2H3,(H,21,23);1H. The Morgan fingerprint density at radius 2 is 1.81 bits per heavy atom. The minimum Gasteiger partial charge on any atom is -0.354 e. The van der Waals surface area contributed by atoms with Crippen LogP contribution in [0.2, 0.25) is 0 Å². The number of carbonyl (C=O) groups is 1. The van der Waals surface area contributed by atoms with Gasteiger partial charge in [-0.1, -0.05) is 26.0 Å². The van der Waals surface area contributed by atoms with Gasteiger partial charge < -0.3 is 11.1 Å². The van der Waals surface area contributed by atoms with Crippen molar-refractivity contribution >= 4 is 28.3 Å². The zero-order valence-corrected chi connectivity index (χ0v) is 17.4. The van der Waals surface area contributed by atoms with Crippen LogP contribution in [-0.2, 0) is 14.8 Å². The van der Waals surface area contributed by atoms with E-state index in [0.29, 0.717) is 19.4 Å². The number of benzene rings is 1. The maximum Gasteiger partial charge on any atom is 0.245 e. The zero-order chi connectivity index (χ0) is 19.4. The third-order valence-electron chi connectivity index (χ3n) is 5.30. The second-order valence-corrected chi connectivity index (χ2v) is 8.80. The summed E-state index contributed by atoms with van der Waals surface area (Å²) < 4.78 is 40.3. The summed E-state index contributed by atoms with van der Waals surface area (Å²) in [6, 6.07) is 5.35. The topological polar surface area (TPSA) is 92.5 Å². The van der Waals surface area contributed by atoms with Gasteiger partial charge in [-0.3, -0.25) is 4.79 Å². The number of nitrogens with two attached hydrogens (primary N) is 1. The molecular weight excluding hydrogens is 393 g/mol. The molecule has 0 aliphatic carbocycles. The number of halogens is 2. The molecule has 1 aromatic carbocycles. The fraction of sp³-hybridized carbons (Fsp3) is 0.611. The van der Waals surface area contributed by atoms with E-state index in [1.807, 2.05) is 13.8 Å². The third-order valence-corrected chi connectivity index (χ3v) is 7.23. The van der Waals surface area contributed by atoms with Crippen LogP contribution in [0.4, 0.5) is 4.39 Å². The van der Waals surface area contributed by atoms with Gasteiger partial charge in [-0.2, -0.15) is 4.31 Å². The van der Waals surface area contributed by atoms with Crippen LogP contribution in [-0.4, -0.2) is 43.8 Å². The maximum absolute atomic E-state index is 13.8. The monoisotopic (exact) mass is 421 g/mol. The van der Waals surface area contributed by atoms with E-state index in [4.69, 9.17) is 5.73 Å². The number of hydrogen-bond donors (Lipinski definition) is 2. The highest BCUT2D eigenvalue weighted by molar-refractivity contribution is 7.89. The van der Waals surface area contributed by atoms with E-state index in [1.165, 1.54) is 22.5 Å². The lowest BCUT2D eigenvalue weighted by Gasteiger charge is -2.32. The van der Waals surface area contributed by atoms with Crippen LogP contribution < -0.4 is 11.1 Å². The van der Waals surface area contributed by atoms with Crippen LogP contribution >= 0.6 is 12.4 Å². The lowest BCUT2D eigenvalue weighted by Crippen LogP contribution is -2.51. The molecule has 154 valence electrons. The van der Waals surface area contributed by atoms with Crippen LogP contribution in [0.5, 0.6) is 0 Å². The number of rotatable bonds is 7. The Balaban J connectivity index is 0.00000364. The van der Waals surface area contributed by atoms with Crippen molar-refractivity contribution in [2.75, 3.05) is 19.6 Å². The Labute approximate surface area is 167 Å². The van der Waals surface area contributed by atoms with E-state index < -0.39 is 21.4 Å². The predicted molar refractivity (Wildman–Crippen MR) is 106 cm³/mol. The summed E-state index contributed by atoms with van der Waals surface area (Å²) in [5, 5.41) is 2.90. The normalized spacial score (nSPS) is 16.6. The van der Waals surface area contributed by atoms with Crippen LogP contribution in [0.3, 0.4) is 0 Å². The summed E-state index contributed by atoms with van der Waals surface area (Å²) >= 11 is 0. The molecule has 0 saturated carbocycles. The van der Waals surface area contributed by atoms with E-state index in [0.717, 1.165) is 18.9 Å². The molecule has 1 fully saturated rings. The fourth-order valence-electron chi connectivity index (χ4n) is 3.06. The van der Waals surface area contributed by atoms with E-state index >= 15 is 0 Å². The SMILES string of the molecule is CCC(N)(CC)CNC(=O)C1CCN(S(=O)(=O)c2ccccc2F)CC1.Cl. The van der Waals surface area contributed by atoms with E-state index in [9.17, 15) is 17.6 Å². The second-order valence-electron chi connectivity index (χ2n) is 6.90. The van der Waals surface area contributed by atoms with Crippen molar-refractivity contribution in [2.45, 2.75) is 50.0 Å². The van der Waals surface area contributed by atoms with Gasteiger partial charge in [0.1, 0.15) is 10.7 Å². The van der Waals surface area contributed by atoms with Gasteiger partial charge in [0.2, 0.25) is 15.9 Å². The Morgan fingerprint density at radius 3 is 2.33 bits per heavy atom. The fourth-order valence-corrected chi connectivity index (χ4v) is 4.59. The average molecular weight is 422 g/mol. The van der Waals surface area contributed by atoms with E-state index in [2.05, 4.69) is 5.32 Å². The van der Waals surface area contributed by atoms with Crippen molar-refractivity contribution in [3.8, 4) is 0 Å². The molecule has 0 unspecified atom stereocenters. The minimum atomic E-state index is -3.88. The molecule has 1 saturated heterocycles. The number of nitrogens with one attached hydrogen (secondary N) is 1. The Bertz CT molecular complexity index is 733. The van der Waals surface area contributed by atoms with Crippen LogP contribution in [0.1, 0.15) is 39.5 Å². The molecule has 2 rings (SSSR count). The van der Waals surface area contributed by atoms with Gasteiger partial charge in [0.15, 0.2) is 0 Å². The van der Waals surface area contributed by atoms with Crippen molar-refractivity contribution < 1.29 is 17.6 Å². The van der Waals surface area contributed by atoms with Crippen molar-refractivity contribution in [2.24, 2.45) is 11.7 Å². The summed E-state index contributed by atoms with van der Waals surface area (Å²) in [4.78, 5) is 12.0. The first-order valence-electron chi connectivity index (χ1n) is 9.05. The number of amides is 1. The Hall–Kier alpha value is -1.22. The molecule has 1 aromatic rings. The van der Waals surface area contributed by atoms with E-state index in [-0.39, 0.29) is 42.2 Å².